The van der Waals surface area contributed by atoms with E-state index < -0.39 is 9.84 Å². The molecule has 0 aromatic heterocycles. The van der Waals surface area contributed by atoms with E-state index >= 15 is 0 Å². The van der Waals surface area contributed by atoms with Crippen molar-refractivity contribution in [3.05, 3.63) is 29.8 Å². The lowest BCUT2D eigenvalue weighted by Gasteiger charge is -2.20. The maximum Gasteiger partial charge on any atom is 0.178 e. The zero-order valence-electron chi connectivity index (χ0n) is 10.5. The van der Waals surface area contributed by atoms with Crippen LogP contribution in [0.2, 0.25) is 0 Å². The second-order valence-corrected chi connectivity index (χ2v) is 7.07. The van der Waals surface area contributed by atoms with Crippen molar-refractivity contribution in [1.29, 1.82) is 0 Å². The lowest BCUT2D eigenvalue weighted by atomic mass is 9.94. The third-order valence-corrected chi connectivity index (χ3v) is 5.13. The molecule has 0 bridgehead atoms. The number of hydrogen-bond donors (Lipinski definition) is 0. The second-order valence-electron chi connectivity index (χ2n) is 4.13. The Kier molecular flexibility index (Phi) is 5.02. The maximum absolute atomic E-state index is 12.0. The molecule has 0 aliphatic rings. The van der Waals surface area contributed by atoms with Crippen LogP contribution in [0, 0.1) is 0 Å². The highest BCUT2D eigenvalue weighted by Gasteiger charge is 2.23. The summed E-state index contributed by atoms with van der Waals surface area (Å²) < 4.78 is 24.0. The van der Waals surface area contributed by atoms with Crippen molar-refractivity contribution in [3.8, 4) is 0 Å². The van der Waals surface area contributed by atoms with Crippen LogP contribution in [0.15, 0.2) is 29.2 Å². The number of sulfone groups is 1. The number of alkyl halides is 1. The highest BCUT2D eigenvalue weighted by molar-refractivity contribution is 7.91. The Bertz CT molecular complexity index is 466. The highest BCUT2D eigenvalue weighted by Crippen LogP contribution is 2.32. The maximum atomic E-state index is 12.0. The molecule has 1 aromatic carbocycles. The molecular formula is C13H19ClO2S. The third-order valence-electron chi connectivity index (χ3n) is 3.03. The van der Waals surface area contributed by atoms with Crippen LogP contribution >= 0.6 is 11.6 Å². The van der Waals surface area contributed by atoms with E-state index in [1.807, 2.05) is 26.0 Å². The van der Waals surface area contributed by atoms with Crippen molar-refractivity contribution in [3.63, 3.8) is 0 Å². The van der Waals surface area contributed by atoms with Crippen molar-refractivity contribution in [2.45, 2.75) is 43.4 Å². The van der Waals surface area contributed by atoms with Crippen molar-refractivity contribution >= 4 is 21.4 Å². The van der Waals surface area contributed by atoms with Gasteiger partial charge in [0, 0.05) is 11.3 Å². The first kappa shape index (κ1) is 14.5. The molecule has 0 fully saturated rings. The van der Waals surface area contributed by atoms with Crippen LogP contribution in [0.25, 0.3) is 0 Å². The Balaban J connectivity index is 3.35. The zero-order valence-corrected chi connectivity index (χ0v) is 12.1. The topological polar surface area (TPSA) is 34.1 Å². The monoisotopic (exact) mass is 274 g/mol. The van der Waals surface area contributed by atoms with E-state index in [1.54, 1.807) is 19.1 Å². The SMILES string of the molecule is CCC(c1ccccc1S(=O)(=O)CC)C(C)Cl. The van der Waals surface area contributed by atoms with Crippen LogP contribution in [0.4, 0.5) is 0 Å². The average Bonchev–Trinajstić information content (AvgIpc) is 2.30. The van der Waals surface area contributed by atoms with Crippen LogP contribution in [0.5, 0.6) is 0 Å². The molecule has 2 unspecified atom stereocenters. The Morgan fingerprint density at radius 2 is 1.82 bits per heavy atom. The van der Waals surface area contributed by atoms with Gasteiger partial charge >= 0.3 is 0 Å². The van der Waals surface area contributed by atoms with Gasteiger partial charge in [-0.3, -0.25) is 0 Å². The molecule has 96 valence electrons. The summed E-state index contributed by atoms with van der Waals surface area (Å²) in [6.45, 7) is 5.60. The summed E-state index contributed by atoms with van der Waals surface area (Å²) >= 11 is 6.15. The molecule has 0 amide bonds. The third kappa shape index (κ3) is 3.23. The standard InChI is InChI=1S/C13H19ClO2S/c1-4-11(10(3)14)12-8-6-7-9-13(12)17(15,16)5-2/h6-11H,4-5H2,1-3H3. The van der Waals surface area contributed by atoms with E-state index in [9.17, 15) is 8.42 Å². The van der Waals surface area contributed by atoms with Gasteiger partial charge in [0.15, 0.2) is 9.84 Å². The predicted octanol–water partition coefficient (Wildman–Crippen LogP) is 3.60. The molecule has 1 aromatic rings. The summed E-state index contributed by atoms with van der Waals surface area (Å²) in [6, 6.07) is 7.18. The van der Waals surface area contributed by atoms with Gasteiger partial charge in [-0.25, -0.2) is 8.42 Å². The molecule has 0 aliphatic heterocycles. The van der Waals surface area contributed by atoms with E-state index in [2.05, 4.69) is 0 Å². The first-order valence-corrected chi connectivity index (χ1v) is 7.98. The Morgan fingerprint density at radius 3 is 2.29 bits per heavy atom. The fraction of sp³-hybridized carbons (Fsp3) is 0.538. The average molecular weight is 275 g/mol. The van der Waals surface area contributed by atoms with Gasteiger partial charge in [-0.15, -0.1) is 11.6 Å². The molecule has 2 atom stereocenters. The molecule has 0 heterocycles. The largest absolute Gasteiger partial charge is 0.224 e. The summed E-state index contributed by atoms with van der Waals surface area (Å²) in [6.07, 6.45) is 0.834. The number of halogens is 1. The van der Waals surface area contributed by atoms with Crippen molar-refractivity contribution in [2.75, 3.05) is 5.75 Å². The summed E-state index contributed by atoms with van der Waals surface area (Å²) in [4.78, 5) is 0.432. The van der Waals surface area contributed by atoms with Crippen molar-refractivity contribution in [1.82, 2.24) is 0 Å². The fourth-order valence-corrected chi connectivity index (χ4v) is 3.51. The molecule has 0 aliphatic carbocycles. The van der Waals surface area contributed by atoms with E-state index in [0.717, 1.165) is 12.0 Å². The Labute approximate surface area is 109 Å². The smallest absolute Gasteiger partial charge is 0.178 e. The first-order valence-electron chi connectivity index (χ1n) is 5.89. The lowest BCUT2D eigenvalue weighted by Crippen LogP contribution is -2.14. The molecule has 0 radical (unpaired) electrons. The van der Waals surface area contributed by atoms with E-state index in [0.29, 0.717) is 4.90 Å². The molecule has 4 heteroatoms. The first-order chi connectivity index (χ1) is 7.94. The molecule has 2 nitrogen and oxygen atoms in total. The predicted molar refractivity (Wildman–Crippen MR) is 72.5 cm³/mol. The van der Waals surface area contributed by atoms with Gasteiger partial charge in [-0.1, -0.05) is 32.0 Å². The molecule has 0 saturated heterocycles. The minimum Gasteiger partial charge on any atom is -0.224 e. The highest BCUT2D eigenvalue weighted by atomic mass is 35.5. The van der Waals surface area contributed by atoms with Crippen molar-refractivity contribution in [2.24, 2.45) is 0 Å². The van der Waals surface area contributed by atoms with Crippen molar-refractivity contribution < 1.29 is 8.42 Å². The molecule has 0 saturated carbocycles. The number of benzene rings is 1. The van der Waals surface area contributed by atoms with Gasteiger partial charge in [0.05, 0.1) is 10.6 Å². The summed E-state index contributed by atoms with van der Waals surface area (Å²) in [5.74, 6) is 0.200. The summed E-state index contributed by atoms with van der Waals surface area (Å²) in [5, 5.41) is -0.0757. The molecule has 1 rings (SSSR count). The van der Waals surface area contributed by atoms with Crippen LogP contribution in [-0.2, 0) is 9.84 Å². The molecule has 17 heavy (non-hydrogen) atoms. The minimum atomic E-state index is -3.18. The van der Waals surface area contributed by atoms with Gasteiger partial charge in [0.2, 0.25) is 0 Å². The van der Waals surface area contributed by atoms with Gasteiger partial charge in [-0.05, 0) is 25.0 Å². The fourth-order valence-electron chi connectivity index (χ4n) is 2.02. The van der Waals surface area contributed by atoms with E-state index in [-0.39, 0.29) is 17.0 Å². The second kappa shape index (κ2) is 5.87. The normalized spacial score (nSPS) is 15.5. The number of hydrogen-bond acceptors (Lipinski definition) is 2. The summed E-state index contributed by atoms with van der Waals surface area (Å²) in [5.41, 5.74) is 0.847. The van der Waals surface area contributed by atoms with Gasteiger partial charge in [-0.2, -0.15) is 0 Å². The van der Waals surface area contributed by atoms with E-state index in [4.69, 9.17) is 11.6 Å². The van der Waals surface area contributed by atoms with Gasteiger partial charge in [0.25, 0.3) is 0 Å². The molecule has 0 N–H and O–H groups in total. The minimum absolute atomic E-state index is 0.0757. The Hall–Kier alpha value is -0.540. The molecular weight excluding hydrogens is 256 g/mol. The summed E-state index contributed by atoms with van der Waals surface area (Å²) in [7, 11) is -3.18. The quantitative estimate of drug-likeness (QED) is 0.769. The van der Waals surface area contributed by atoms with Gasteiger partial charge < -0.3 is 0 Å². The number of rotatable bonds is 5. The zero-order chi connectivity index (χ0) is 13.1. The lowest BCUT2D eigenvalue weighted by molar-refractivity contribution is 0.588. The van der Waals surface area contributed by atoms with Crippen LogP contribution in [0.3, 0.4) is 0 Å². The molecule has 0 spiro atoms. The Morgan fingerprint density at radius 1 is 1.24 bits per heavy atom. The van der Waals surface area contributed by atoms with Crippen LogP contribution < -0.4 is 0 Å². The van der Waals surface area contributed by atoms with Crippen LogP contribution in [0.1, 0.15) is 38.7 Å². The van der Waals surface area contributed by atoms with Crippen LogP contribution in [-0.4, -0.2) is 19.5 Å². The van der Waals surface area contributed by atoms with E-state index in [1.165, 1.54) is 0 Å². The van der Waals surface area contributed by atoms with Gasteiger partial charge in [0.1, 0.15) is 0 Å².